The standard InChI is InChI=1S/C32H37N5O2/c1-39-28-15-13-25(14-16-28)22-37-30-12-6-5-11-29(30)33-31(37)24-34-17-7-8-26(23-34)32(38)36-20-18-35(19-21-36)27-9-3-2-4-10-27/h2-6,9-16,26H,7-8,17-24H2,1H3/t26-/m0/s1. The van der Waals surface area contributed by atoms with E-state index in [0.717, 1.165) is 87.8 Å². The number of ether oxygens (including phenoxy) is 1. The zero-order valence-corrected chi connectivity index (χ0v) is 22.7. The minimum Gasteiger partial charge on any atom is -0.497 e. The van der Waals surface area contributed by atoms with Crippen LogP contribution in [-0.2, 0) is 17.9 Å². The Labute approximate surface area is 230 Å². The van der Waals surface area contributed by atoms with Gasteiger partial charge in [-0.15, -0.1) is 0 Å². The molecule has 3 heterocycles. The van der Waals surface area contributed by atoms with Crippen molar-refractivity contribution in [2.75, 3.05) is 51.3 Å². The number of imidazole rings is 1. The number of para-hydroxylation sites is 3. The van der Waals surface area contributed by atoms with Crippen LogP contribution in [0.2, 0.25) is 0 Å². The molecule has 2 aliphatic rings. The fourth-order valence-corrected chi connectivity index (χ4v) is 6.02. The number of benzene rings is 3. The van der Waals surface area contributed by atoms with Crippen LogP contribution in [0.25, 0.3) is 11.0 Å². The SMILES string of the molecule is COc1ccc(Cn2c(CN3CCC[C@H](C(=O)N4CCN(c5ccccc5)CC4)C3)nc3ccccc32)cc1. The maximum absolute atomic E-state index is 13.5. The number of nitrogens with zero attached hydrogens (tertiary/aromatic N) is 5. The van der Waals surface area contributed by atoms with E-state index in [-0.39, 0.29) is 5.92 Å². The molecule has 1 aromatic heterocycles. The van der Waals surface area contributed by atoms with Gasteiger partial charge in [0.05, 0.1) is 30.6 Å². The minimum absolute atomic E-state index is 0.0569. The number of likely N-dealkylation sites (tertiary alicyclic amines) is 1. The molecule has 2 fully saturated rings. The molecule has 7 heteroatoms. The smallest absolute Gasteiger partial charge is 0.227 e. The van der Waals surface area contributed by atoms with Gasteiger partial charge in [-0.25, -0.2) is 4.98 Å². The zero-order valence-electron chi connectivity index (χ0n) is 22.7. The number of methoxy groups -OCH3 is 1. The molecule has 202 valence electrons. The fraction of sp³-hybridized carbons (Fsp3) is 0.375. The number of piperazine rings is 1. The van der Waals surface area contributed by atoms with E-state index < -0.39 is 0 Å². The average molecular weight is 524 g/mol. The third-order valence-electron chi connectivity index (χ3n) is 8.17. The Bertz CT molecular complexity index is 1390. The molecule has 0 radical (unpaired) electrons. The van der Waals surface area contributed by atoms with Crippen molar-refractivity contribution in [2.45, 2.75) is 25.9 Å². The van der Waals surface area contributed by atoms with Crippen LogP contribution in [0.1, 0.15) is 24.2 Å². The first-order valence-corrected chi connectivity index (χ1v) is 14.1. The van der Waals surface area contributed by atoms with Crippen LogP contribution in [0.3, 0.4) is 0 Å². The second-order valence-electron chi connectivity index (χ2n) is 10.7. The third kappa shape index (κ3) is 5.64. The predicted molar refractivity (Wildman–Crippen MR) is 155 cm³/mol. The number of rotatable bonds is 7. The summed E-state index contributed by atoms with van der Waals surface area (Å²) in [5, 5.41) is 0. The van der Waals surface area contributed by atoms with Gasteiger partial charge < -0.3 is 19.1 Å². The number of fused-ring (bicyclic) bond motifs is 1. The largest absolute Gasteiger partial charge is 0.497 e. The number of anilines is 1. The van der Waals surface area contributed by atoms with Gasteiger partial charge in [0.1, 0.15) is 11.6 Å². The number of carbonyl (C=O) groups excluding carboxylic acids is 1. The van der Waals surface area contributed by atoms with E-state index in [1.807, 2.05) is 24.3 Å². The van der Waals surface area contributed by atoms with Crippen molar-refractivity contribution in [2.24, 2.45) is 5.92 Å². The third-order valence-corrected chi connectivity index (χ3v) is 8.17. The molecule has 4 aromatic rings. The molecule has 0 saturated carbocycles. The van der Waals surface area contributed by atoms with Crippen LogP contribution in [0.15, 0.2) is 78.9 Å². The first-order valence-electron chi connectivity index (χ1n) is 14.1. The number of amides is 1. The summed E-state index contributed by atoms with van der Waals surface area (Å²) in [6.45, 7) is 6.66. The van der Waals surface area contributed by atoms with E-state index in [2.05, 4.69) is 73.9 Å². The summed E-state index contributed by atoms with van der Waals surface area (Å²) in [6, 6.07) is 27.1. The van der Waals surface area contributed by atoms with Gasteiger partial charge in [0, 0.05) is 45.0 Å². The number of aromatic nitrogens is 2. The number of hydrogen-bond donors (Lipinski definition) is 0. The lowest BCUT2D eigenvalue weighted by Crippen LogP contribution is -2.52. The minimum atomic E-state index is 0.0569. The first kappa shape index (κ1) is 25.4. The molecule has 7 nitrogen and oxygen atoms in total. The Morgan fingerprint density at radius 1 is 0.872 bits per heavy atom. The first-order chi connectivity index (χ1) is 19.2. The van der Waals surface area contributed by atoms with Gasteiger partial charge in [-0.1, -0.05) is 42.5 Å². The van der Waals surface area contributed by atoms with Gasteiger partial charge in [-0.3, -0.25) is 9.69 Å². The highest BCUT2D eigenvalue weighted by Gasteiger charge is 2.31. The highest BCUT2D eigenvalue weighted by atomic mass is 16.5. The Hall–Kier alpha value is -3.84. The van der Waals surface area contributed by atoms with Gasteiger partial charge in [0.2, 0.25) is 5.91 Å². The van der Waals surface area contributed by atoms with E-state index in [1.54, 1.807) is 7.11 Å². The molecule has 0 unspecified atom stereocenters. The molecule has 0 bridgehead atoms. The van der Waals surface area contributed by atoms with Gasteiger partial charge in [0.15, 0.2) is 0 Å². The zero-order chi connectivity index (χ0) is 26.6. The van der Waals surface area contributed by atoms with Crippen molar-refractivity contribution < 1.29 is 9.53 Å². The summed E-state index contributed by atoms with van der Waals surface area (Å²) in [6.07, 6.45) is 2.01. The van der Waals surface area contributed by atoms with Crippen LogP contribution < -0.4 is 9.64 Å². The van der Waals surface area contributed by atoms with Crippen LogP contribution >= 0.6 is 0 Å². The molecule has 39 heavy (non-hydrogen) atoms. The highest BCUT2D eigenvalue weighted by Crippen LogP contribution is 2.25. The van der Waals surface area contributed by atoms with E-state index in [0.29, 0.717) is 5.91 Å². The van der Waals surface area contributed by atoms with Crippen molar-refractivity contribution in [1.29, 1.82) is 0 Å². The van der Waals surface area contributed by atoms with Crippen LogP contribution in [-0.4, -0.2) is 71.6 Å². The van der Waals surface area contributed by atoms with E-state index in [4.69, 9.17) is 9.72 Å². The van der Waals surface area contributed by atoms with Gasteiger partial charge >= 0.3 is 0 Å². The predicted octanol–water partition coefficient (Wildman–Crippen LogP) is 4.65. The Morgan fingerprint density at radius 2 is 1.62 bits per heavy atom. The Balaban J connectivity index is 1.12. The summed E-state index contributed by atoms with van der Waals surface area (Å²) >= 11 is 0. The summed E-state index contributed by atoms with van der Waals surface area (Å²) in [4.78, 5) is 25.5. The van der Waals surface area contributed by atoms with Crippen molar-refractivity contribution in [3.8, 4) is 5.75 Å². The molecule has 0 aliphatic carbocycles. The maximum atomic E-state index is 13.5. The summed E-state index contributed by atoms with van der Waals surface area (Å²) in [7, 11) is 1.69. The van der Waals surface area contributed by atoms with Crippen molar-refractivity contribution in [3.63, 3.8) is 0 Å². The quantitative estimate of drug-likeness (QED) is 0.353. The number of hydrogen-bond acceptors (Lipinski definition) is 5. The van der Waals surface area contributed by atoms with Gasteiger partial charge in [0.25, 0.3) is 0 Å². The highest BCUT2D eigenvalue weighted by molar-refractivity contribution is 5.79. The van der Waals surface area contributed by atoms with Gasteiger partial charge in [-0.2, -0.15) is 0 Å². The average Bonchev–Trinajstić information content (AvgIpc) is 3.34. The van der Waals surface area contributed by atoms with E-state index >= 15 is 0 Å². The molecule has 6 rings (SSSR count). The Morgan fingerprint density at radius 3 is 2.38 bits per heavy atom. The molecule has 2 saturated heterocycles. The molecule has 0 spiro atoms. The Kier molecular flexibility index (Phi) is 7.50. The maximum Gasteiger partial charge on any atom is 0.227 e. The molecule has 1 amide bonds. The lowest BCUT2D eigenvalue weighted by atomic mass is 9.96. The van der Waals surface area contributed by atoms with Gasteiger partial charge in [-0.05, 0) is 61.3 Å². The van der Waals surface area contributed by atoms with E-state index in [9.17, 15) is 4.79 Å². The molecule has 2 aliphatic heterocycles. The van der Waals surface area contributed by atoms with Crippen molar-refractivity contribution >= 4 is 22.6 Å². The fourth-order valence-electron chi connectivity index (χ4n) is 6.02. The summed E-state index contributed by atoms with van der Waals surface area (Å²) in [5.74, 6) is 2.29. The second kappa shape index (κ2) is 11.5. The molecule has 1 atom stereocenters. The molecule has 3 aromatic carbocycles. The van der Waals surface area contributed by atoms with Crippen LogP contribution in [0, 0.1) is 5.92 Å². The van der Waals surface area contributed by atoms with Crippen molar-refractivity contribution in [3.05, 3.63) is 90.3 Å². The number of piperidine rings is 1. The lowest BCUT2D eigenvalue weighted by molar-refractivity contribution is -0.137. The van der Waals surface area contributed by atoms with Crippen LogP contribution in [0.4, 0.5) is 5.69 Å². The second-order valence-corrected chi connectivity index (χ2v) is 10.7. The summed E-state index contributed by atoms with van der Waals surface area (Å²) < 4.78 is 7.66. The molecule has 0 N–H and O–H groups in total. The van der Waals surface area contributed by atoms with E-state index in [1.165, 1.54) is 11.3 Å². The lowest BCUT2D eigenvalue weighted by Gasteiger charge is -2.39. The topological polar surface area (TPSA) is 53.8 Å². The summed E-state index contributed by atoms with van der Waals surface area (Å²) in [5.41, 5.74) is 4.61. The normalized spacial score (nSPS) is 18.4. The van der Waals surface area contributed by atoms with Crippen molar-refractivity contribution in [1.82, 2.24) is 19.4 Å². The number of carbonyl (C=O) groups is 1. The van der Waals surface area contributed by atoms with Crippen LogP contribution in [0.5, 0.6) is 5.75 Å². The molecular formula is C32H37N5O2. The molecular weight excluding hydrogens is 486 g/mol. The monoisotopic (exact) mass is 523 g/mol.